The molecule has 2 rings (SSSR count). The molecule has 0 unspecified atom stereocenters. The zero-order chi connectivity index (χ0) is 15.0. The molecule has 0 radical (unpaired) electrons. The van der Waals surface area contributed by atoms with E-state index in [-0.39, 0.29) is 11.2 Å². The third kappa shape index (κ3) is 3.15. The highest BCUT2D eigenvalue weighted by Crippen LogP contribution is 2.37. The molecule has 0 amide bonds. The van der Waals surface area contributed by atoms with E-state index < -0.39 is 7.12 Å². The van der Waals surface area contributed by atoms with Gasteiger partial charge in [-0.05, 0) is 47.9 Å². The molecule has 1 aliphatic rings. The van der Waals surface area contributed by atoms with Gasteiger partial charge in [-0.2, -0.15) is 0 Å². The third-order valence-electron chi connectivity index (χ3n) is 3.76. The van der Waals surface area contributed by atoms with Crippen molar-refractivity contribution in [2.75, 3.05) is 0 Å². The fourth-order valence-electron chi connectivity index (χ4n) is 1.87. The van der Waals surface area contributed by atoms with E-state index in [4.69, 9.17) is 20.9 Å². The van der Waals surface area contributed by atoms with Crippen molar-refractivity contribution < 1.29 is 9.31 Å². The highest BCUT2D eigenvalue weighted by Gasteiger charge is 2.52. The Morgan fingerprint density at radius 3 is 2.35 bits per heavy atom. The van der Waals surface area contributed by atoms with Crippen LogP contribution in [-0.4, -0.2) is 18.3 Å². The molecule has 1 fully saturated rings. The monoisotopic (exact) mass is 420 g/mol. The Morgan fingerprint density at radius 2 is 1.80 bits per heavy atom. The van der Waals surface area contributed by atoms with Crippen molar-refractivity contribution in [1.82, 2.24) is 0 Å². The summed E-state index contributed by atoms with van der Waals surface area (Å²) in [5.41, 5.74) is 0.875. The van der Waals surface area contributed by atoms with Crippen LogP contribution in [0.4, 0.5) is 0 Å². The summed E-state index contributed by atoms with van der Waals surface area (Å²) < 4.78 is 12.1. The summed E-state index contributed by atoms with van der Waals surface area (Å²) in [6.45, 7) is 8.10. The lowest BCUT2D eigenvalue weighted by Gasteiger charge is -2.32. The molecule has 0 bridgehead atoms. The maximum absolute atomic E-state index is 6.44. The second kappa shape index (κ2) is 6.09. The van der Waals surface area contributed by atoms with Crippen molar-refractivity contribution in [3.8, 4) is 11.2 Å². The van der Waals surface area contributed by atoms with Gasteiger partial charge in [0, 0.05) is 32.2 Å². The molecule has 20 heavy (non-hydrogen) atoms. The maximum atomic E-state index is 6.44. The van der Waals surface area contributed by atoms with E-state index in [0.717, 1.165) is 11.0 Å². The minimum absolute atomic E-state index is 0.374. The van der Waals surface area contributed by atoms with Crippen LogP contribution in [0.3, 0.4) is 0 Å². The fourth-order valence-corrected chi connectivity index (χ4v) is 2.61. The highest BCUT2D eigenvalue weighted by molar-refractivity contribution is 14.2. The Labute approximate surface area is 142 Å². The summed E-state index contributed by atoms with van der Waals surface area (Å²) in [5.74, 6) is 3.03. The van der Waals surface area contributed by atoms with Gasteiger partial charge in [0.15, 0.2) is 0 Å². The van der Waals surface area contributed by atoms with Gasteiger partial charge in [0.05, 0.1) is 16.2 Å². The van der Waals surface area contributed by atoms with Gasteiger partial charge in [-0.15, -0.1) is 0 Å². The lowest BCUT2D eigenvalue weighted by Crippen LogP contribution is -2.41. The van der Waals surface area contributed by atoms with E-state index in [0.29, 0.717) is 5.02 Å². The Hall–Kier alpha value is 0.135. The Balaban J connectivity index is 2.36. The second-order valence-corrected chi connectivity index (χ2v) is 7.66. The number of halogens is 2. The summed E-state index contributed by atoms with van der Waals surface area (Å²) in [6, 6.07) is 5.75. The van der Waals surface area contributed by atoms with Gasteiger partial charge < -0.3 is 9.31 Å². The molecule has 0 spiro atoms. The second-order valence-electron chi connectivity index (χ2n) is 5.60. The summed E-state index contributed by atoms with van der Waals surface area (Å²) >= 11 is 8.57. The Kier molecular flexibility index (Phi) is 5.03. The molecule has 0 atom stereocenters. The van der Waals surface area contributed by atoms with Gasteiger partial charge in [0.25, 0.3) is 0 Å². The van der Waals surface area contributed by atoms with Gasteiger partial charge in [-0.3, -0.25) is 0 Å². The van der Waals surface area contributed by atoms with Crippen molar-refractivity contribution in [3.05, 3.63) is 28.8 Å². The van der Waals surface area contributed by atoms with Crippen molar-refractivity contribution >= 4 is 54.3 Å². The first kappa shape index (κ1) is 16.5. The van der Waals surface area contributed by atoms with Crippen LogP contribution in [0.1, 0.15) is 33.3 Å². The van der Waals surface area contributed by atoms with Crippen molar-refractivity contribution in [2.45, 2.75) is 38.9 Å². The summed E-state index contributed by atoms with van der Waals surface area (Å²) in [7, 11) is 0.974. The first-order valence-corrected chi connectivity index (χ1v) is 9.95. The first-order chi connectivity index (χ1) is 9.28. The van der Waals surface area contributed by atoms with Crippen LogP contribution < -0.4 is 5.46 Å². The van der Waals surface area contributed by atoms with Gasteiger partial charge in [0.1, 0.15) is 0 Å². The topological polar surface area (TPSA) is 18.5 Å². The highest BCUT2D eigenvalue weighted by atomic mass is 127. The molecule has 0 aromatic heterocycles. The van der Waals surface area contributed by atoms with Crippen LogP contribution in [0.2, 0.25) is 5.02 Å². The van der Waals surface area contributed by atoms with Crippen molar-refractivity contribution in [1.29, 1.82) is 0 Å². The predicted molar refractivity (Wildman–Crippen MR) is 95.7 cm³/mol. The Bertz CT molecular complexity index is 564. The normalized spacial score (nSPS) is 19.6. The zero-order valence-electron chi connectivity index (χ0n) is 11.8. The van der Waals surface area contributed by atoms with Crippen LogP contribution in [0.15, 0.2) is 18.2 Å². The molecule has 0 saturated carbocycles. The van der Waals surface area contributed by atoms with Crippen molar-refractivity contribution in [2.24, 2.45) is 0 Å². The quantitative estimate of drug-likeness (QED) is 0.388. The molecule has 106 valence electrons. The average Bonchev–Trinajstić information content (AvgIpc) is 2.57. The predicted octanol–water partition coefficient (Wildman–Crippen LogP) is 4.03. The third-order valence-corrected chi connectivity index (χ3v) is 5.02. The maximum Gasteiger partial charge on any atom is 0.496 e. The number of benzene rings is 1. The molecule has 1 aliphatic heterocycles. The molecule has 1 aromatic carbocycles. The molecule has 0 N–H and O–H groups in total. The SMILES string of the molecule is CC1(C)OB(c2cccc(C#CSI)c2Cl)OC1(C)C. The van der Waals surface area contributed by atoms with Crippen LogP contribution in [0, 0.1) is 11.2 Å². The lowest BCUT2D eigenvalue weighted by molar-refractivity contribution is 0.00578. The summed E-state index contributed by atoms with van der Waals surface area (Å²) in [6.07, 6.45) is 0. The van der Waals surface area contributed by atoms with Crippen LogP contribution in [-0.2, 0) is 9.31 Å². The van der Waals surface area contributed by atoms with E-state index >= 15 is 0 Å². The summed E-state index contributed by atoms with van der Waals surface area (Å²) in [4.78, 5) is 0. The number of hydrogen-bond donors (Lipinski definition) is 0. The standard InChI is InChI=1S/C14H15BClIO2S/c1-13(2)14(3,4)19-15(18-13)11-7-5-6-10(12(11)16)8-9-20-17/h5-7H,1-4H3. The minimum atomic E-state index is -0.457. The molecular weight excluding hydrogens is 405 g/mol. The van der Waals surface area contributed by atoms with Gasteiger partial charge >= 0.3 is 7.12 Å². The summed E-state index contributed by atoms with van der Waals surface area (Å²) in [5, 5.41) is 3.54. The molecule has 0 aliphatic carbocycles. The molecule has 2 nitrogen and oxygen atoms in total. The van der Waals surface area contributed by atoms with Crippen molar-refractivity contribution in [3.63, 3.8) is 0 Å². The molecule has 1 aromatic rings. The Morgan fingerprint density at radius 1 is 1.20 bits per heavy atom. The van der Waals surface area contributed by atoms with Gasteiger partial charge in [0.2, 0.25) is 0 Å². The van der Waals surface area contributed by atoms with Crippen LogP contribution in [0.25, 0.3) is 0 Å². The molecule has 1 heterocycles. The molecule has 1 saturated heterocycles. The van der Waals surface area contributed by atoms with E-state index in [1.807, 2.05) is 45.9 Å². The largest absolute Gasteiger partial charge is 0.496 e. The first-order valence-electron chi connectivity index (χ1n) is 6.21. The number of rotatable bonds is 1. The molecular formula is C14H15BClIO2S. The van der Waals surface area contributed by atoms with E-state index in [2.05, 4.69) is 32.4 Å². The van der Waals surface area contributed by atoms with Gasteiger partial charge in [-0.1, -0.05) is 29.7 Å². The van der Waals surface area contributed by atoms with E-state index in [9.17, 15) is 0 Å². The average molecular weight is 421 g/mol. The van der Waals surface area contributed by atoms with Crippen LogP contribution >= 0.6 is 41.7 Å². The molecule has 6 heteroatoms. The van der Waals surface area contributed by atoms with E-state index in [1.165, 1.54) is 8.93 Å². The smallest absolute Gasteiger partial charge is 0.399 e. The van der Waals surface area contributed by atoms with Gasteiger partial charge in [-0.25, -0.2) is 0 Å². The zero-order valence-corrected chi connectivity index (χ0v) is 15.5. The lowest BCUT2D eigenvalue weighted by atomic mass is 9.78. The van der Waals surface area contributed by atoms with Crippen LogP contribution in [0.5, 0.6) is 0 Å². The van der Waals surface area contributed by atoms with E-state index in [1.54, 1.807) is 0 Å². The minimum Gasteiger partial charge on any atom is -0.399 e. The fraction of sp³-hybridized carbons (Fsp3) is 0.429. The number of hydrogen-bond acceptors (Lipinski definition) is 3.